The first-order chi connectivity index (χ1) is 16.7. The summed E-state index contributed by atoms with van der Waals surface area (Å²) in [6, 6.07) is 8.75. The van der Waals surface area contributed by atoms with E-state index in [2.05, 4.69) is 4.98 Å². The lowest BCUT2D eigenvalue weighted by atomic mass is 9.85. The van der Waals surface area contributed by atoms with E-state index in [0.29, 0.717) is 18.2 Å². The minimum absolute atomic E-state index is 0.0114. The van der Waals surface area contributed by atoms with Crippen LogP contribution in [0.1, 0.15) is 24.0 Å². The molecule has 182 valence electrons. The minimum Gasteiger partial charge on any atom is -0.463 e. The Labute approximate surface area is 204 Å². The number of nitrogens with two attached hydrogens (primary N) is 1. The van der Waals surface area contributed by atoms with Crippen molar-refractivity contribution in [2.75, 3.05) is 19.7 Å². The summed E-state index contributed by atoms with van der Waals surface area (Å²) in [5, 5.41) is 24.2. The van der Waals surface area contributed by atoms with Crippen LogP contribution in [0.2, 0.25) is 5.15 Å². The van der Waals surface area contributed by atoms with Crippen molar-refractivity contribution in [3.05, 3.63) is 102 Å². The molecule has 2 aliphatic heterocycles. The SMILES string of the molecule is CCOC(=O)C1=C(N)N2CCN(Cc3ccc(Cl)nc3)C2=C([N+](=O)[O-])C1c1cccc([N+](=O)[O-])c1. The summed E-state index contributed by atoms with van der Waals surface area (Å²) in [5.74, 6) is -1.87. The molecule has 1 saturated heterocycles. The predicted octanol–water partition coefficient (Wildman–Crippen LogP) is 2.74. The number of carbonyl (C=O) groups excluding carboxylic acids is 1. The summed E-state index contributed by atoms with van der Waals surface area (Å²) in [6.07, 6.45) is 1.57. The van der Waals surface area contributed by atoms with Gasteiger partial charge in [0.2, 0.25) is 0 Å². The normalized spacial score (nSPS) is 17.5. The fraction of sp³-hybridized carbons (Fsp3) is 0.273. The molecule has 13 heteroatoms. The first-order valence-corrected chi connectivity index (χ1v) is 11.0. The van der Waals surface area contributed by atoms with Gasteiger partial charge in [0.15, 0.2) is 5.82 Å². The first kappa shape index (κ1) is 24.0. The summed E-state index contributed by atoms with van der Waals surface area (Å²) < 4.78 is 5.17. The second-order valence-electron chi connectivity index (χ2n) is 7.83. The number of carbonyl (C=O) groups is 1. The number of halogens is 1. The minimum atomic E-state index is -1.28. The number of hydrogen-bond donors (Lipinski definition) is 1. The van der Waals surface area contributed by atoms with Gasteiger partial charge < -0.3 is 20.3 Å². The number of ether oxygens (including phenoxy) is 1. The quantitative estimate of drug-likeness (QED) is 0.259. The van der Waals surface area contributed by atoms with Gasteiger partial charge in [0, 0.05) is 38.0 Å². The van der Waals surface area contributed by atoms with Gasteiger partial charge in [-0.2, -0.15) is 0 Å². The van der Waals surface area contributed by atoms with Gasteiger partial charge >= 0.3 is 5.97 Å². The van der Waals surface area contributed by atoms with Crippen LogP contribution in [0.4, 0.5) is 5.69 Å². The molecule has 4 rings (SSSR count). The van der Waals surface area contributed by atoms with Crippen molar-refractivity contribution in [3.8, 4) is 0 Å². The Balaban J connectivity index is 1.90. The van der Waals surface area contributed by atoms with Gasteiger partial charge in [-0.25, -0.2) is 9.78 Å². The van der Waals surface area contributed by atoms with Crippen LogP contribution in [0.5, 0.6) is 0 Å². The van der Waals surface area contributed by atoms with E-state index in [4.69, 9.17) is 22.1 Å². The lowest BCUT2D eigenvalue weighted by molar-refractivity contribution is -0.432. The lowest BCUT2D eigenvalue weighted by Crippen LogP contribution is -2.39. The number of benzene rings is 1. The van der Waals surface area contributed by atoms with E-state index in [1.54, 1.807) is 30.2 Å². The Bertz CT molecular complexity index is 1260. The van der Waals surface area contributed by atoms with Crippen LogP contribution < -0.4 is 5.73 Å². The number of non-ortho nitro benzene ring substituents is 1. The third-order valence-electron chi connectivity index (χ3n) is 5.78. The van der Waals surface area contributed by atoms with E-state index in [1.165, 1.54) is 29.2 Å². The second-order valence-corrected chi connectivity index (χ2v) is 8.22. The van der Waals surface area contributed by atoms with Crippen molar-refractivity contribution >= 4 is 23.3 Å². The summed E-state index contributed by atoms with van der Waals surface area (Å²) >= 11 is 5.87. The molecule has 2 aromatic rings. The summed E-state index contributed by atoms with van der Waals surface area (Å²) in [6.45, 7) is 2.58. The fourth-order valence-electron chi connectivity index (χ4n) is 4.33. The molecule has 0 bridgehead atoms. The van der Waals surface area contributed by atoms with Gasteiger partial charge in [-0.1, -0.05) is 29.8 Å². The van der Waals surface area contributed by atoms with Gasteiger partial charge in [-0.05, 0) is 24.1 Å². The zero-order valence-corrected chi connectivity index (χ0v) is 19.3. The van der Waals surface area contributed by atoms with Crippen molar-refractivity contribution in [3.63, 3.8) is 0 Å². The number of aromatic nitrogens is 1. The van der Waals surface area contributed by atoms with E-state index in [1.807, 2.05) is 0 Å². The number of allylic oxidation sites excluding steroid dienone is 1. The maximum Gasteiger partial charge on any atom is 0.338 e. The molecule has 1 atom stereocenters. The van der Waals surface area contributed by atoms with Crippen LogP contribution in [0.15, 0.2) is 65.5 Å². The largest absolute Gasteiger partial charge is 0.463 e. The fourth-order valence-corrected chi connectivity index (χ4v) is 4.44. The van der Waals surface area contributed by atoms with Crippen LogP contribution in [0, 0.1) is 20.2 Å². The topological polar surface area (TPSA) is 158 Å². The number of fused-ring (bicyclic) bond motifs is 1. The van der Waals surface area contributed by atoms with Gasteiger partial charge in [0.1, 0.15) is 16.9 Å². The Hall–Kier alpha value is -4.19. The van der Waals surface area contributed by atoms with Crippen LogP contribution in [-0.4, -0.2) is 50.3 Å². The highest BCUT2D eigenvalue weighted by Crippen LogP contribution is 2.44. The number of pyridine rings is 1. The standard InChI is InChI=1S/C22H21ClN6O6/c1-2-35-22(30)18-17(14-4-3-5-15(10-14)28(31)32)19(29(33)34)21-26(8-9-27(21)20(18)24)12-13-6-7-16(23)25-11-13/h3-7,10-11,17H,2,8-9,12,24H2,1H3. The molecule has 0 amide bonds. The van der Waals surface area contributed by atoms with Crippen molar-refractivity contribution < 1.29 is 19.4 Å². The maximum atomic E-state index is 13.0. The average Bonchev–Trinajstić information content (AvgIpc) is 3.24. The highest BCUT2D eigenvalue weighted by molar-refractivity contribution is 6.29. The first-order valence-electron chi connectivity index (χ1n) is 10.7. The molecule has 1 unspecified atom stereocenters. The molecule has 35 heavy (non-hydrogen) atoms. The summed E-state index contributed by atoms with van der Waals surface area (Å²) in [5.41, 5.74) is 6.65. The zero-order chi connectivity index (χ0) is 25.3. The zero-order valence-electron chi connectivity index (χ0n) is 18.6. The highest BCUT2D eigenvalue weighted by Gasteiger charge is 2.49. The van der Waals surface area contributed by atoms with E-state index < -0.39 is 21.7 Å². The molecule has 1 aromatic carbocycles. The van der Waals surface area contributed by atoms with Crippen molar-refractivity contribution in [1.29, 1.82) is 0 Å². The molecule has 0 radical (unpaired) electrons. The van der Waals surface area contributed by atoms with Gasteiger partial charge in [-0.3, -0.25) is 20.2 Å². The third kappa shape index (κ3) is 4.47. The smallest absolute Gasteiger partial charge is 0.338 e. The number of hydrogen-bond acceptors (Lipinski definition) is 10. The maximum absolute atomic E-state index is 13.0. The van der Waals surface area contributed by atoms with E-state index >= 15 is 0 Å². The van der Waals surface area contributed by atoms with Crippen LogP contribution in [0.25, 0.3) is 0 Å². The number of nitro groups is 2. The van der Waals surface area contributed by atoms with Crippen molar-refractivity contribution in [2.24, 2.45) is 5.73 Å². The molecular weight excluding hydrogens is 480 g/mol. The second kappa shape index (κ2) is 9.58. The van der Waals surface area contributed by atoms with E-state index in [9.17, 15) is 25.0 Å². The molecule has 2 N–H and O–H groups in total. The lowest BCUT2D eigenvalue weighted by Gasteiger charge is -2.33. The van der Waals surface area contributed by atoms with Crippen LogP contribution >= 0.6 is 11.6 Å². The molecule has 0 aliphatic carbocycles. The summed E-state index contributed by atoms with van der Waals surface area (Å²) in [7, 11) is 0. The molecule has 3 heterocycles. The highest BCUT2D eigenvalue weighted by atomic mass is 35.5. The monoisotopic (exact) mass is 500 g/mol. The molecular formula is C22H21ClN6O6. The Morgan fingerprint density at radius 1 is 1.23 bits per heavy atom. The molecule has 1 aromatic heterocycles. The number of esters is 1. The Morgan fingerprint density at radius 3 is 2.63 bits per heavy atom. The van der Waals surface area contributed by atoms with Crippen molar-refractivity contribution in [1.82, 2.24) is 14.8 Å². The number of nitrogens with zero attached hydrogens (tertiary/aromatic N) is 5. The van der Waals surface area contributed by atoms with E-state index in [0.717, 1.165) is 5.56 Å². The predicted molar refractivity (Wildman–Crippen MR) is 124 cm³/mol. The average molecular weight is 501 g/mol. The third-order valence-corrected chi connectivity index (χ3v) is 6.00. The van der Waals surface area contributed by atoms with Gasteiger partial charge in [0.05, 0.1) is 22.0 Å². The Kier molecular flexibility index (Phi) is 6.56. The van der Waals surface area contributed by atoms with Crippen molar-refractivity contribution in [2.45, 2.75) is 19.4 Å². The van der Waals surface area contributed by atoms with Gasteiger partial charge in [-0.15, -0.1) is 0 Å². The summed E-state index contributed by atoms with van der Waals surface area (Å²) in [4.78, 5) is 43.0. The number of rotatable bonds is 7. The molecule has 2 aliphatic rings. The molecule has 1 fully saturated rings. The van der Waals surface area contributed by atoms with E-state index in [-0.39, 0.29) is 47.3 Å². The van der Waals surface area contributed by atoms with Crippen LogP contribution in [-0.2, 0) is 16.1 Å². The van der Waals surface area contributed by atoms with Crippen LogP contribution in [0.3, 0.4) is 0 Å². The van der Waals surface area contributed by atoms with Gasteiger partial charge in [0.25, 0.3) is 11.4 Å². The molecule has 0 spiro atoms. The Morgan fingerprint density at radius 2 is 2.00 bits per heavy atom. The molecule has 0 saturated carbocycles. The number of nitro benzene ring substituents is 1. The molecule has 12 nitrogen and oxygen atoms in total.